The summed E-state index contributed by atoms with van der Waals surface area (Å²) in [6.45, 7) is 10.3. The van der Waals surface area contributed by atoms with Gasteiger partial charge in [-0.15, -0.1) is 11.3 Å². The summed E-state index contributed by atoms with van der Waals surface area (Å²) < 4.78 is 0. The molecule has 0 aromatic carbocycles. The maximum Gasteiger partial charge on any atom is 0.188 e. The highest BCUT2D eigenvalue weighted by molar-refractivity contribution is 7.09. The van der Waals surface area contributed by atoms with E-state index in [1.807, 2.05) is 0 Å². The van der Waals surface area contributed by atoms with Gasteiger partial charge in [-0.2, -0.15) is 0 Å². The molecule has 0 saturated carbocycles. The summed E-state index contributed by atoms with van der Waals surface area (Å²) in [6, 6.07) is 0.345. The fraction of sp³-hybridized carbons (Fsp3) is 0.733. The normalized spacial score (nSPS) is 18.4. The molecule has 0 atom stereocenters. The van der Waals surface area contributed by atoms with Gasteiger partial charge >= 0.3 is 0 Å². The molecule has 0 unspecified atom stereocenters. The quantitative estimate of drug-likeness (QED) is 0.645. The lowest BCUT2D eigenvalue weighted by Gasteiger charge is -2.30. The third kappa shape index (κ3) is 5.63. The molecule has 1 aliphatic heterocycles. The van der Waals surface area contributed by atoms with E-state index in [9.17, 15) is 0 Å². The van der Waals surface area contributed by atoms with Crippen LogP contribution in [0.3, 0.4) is 0 Å². The lowest BCUT2D eigenvalue weighted by molar-refractivity contribution is 0.179. The van der Waals surface area contributed by atoms with Crippen LogP contribution in [0.4, 0.5) is 0 Å². The van der Waals surface area contributed by atoms with E-state index in [2.05, 4.69) is 46.3 Å². The fourth-order valence-corrected chi connectivity index (χ4v) is 3.21. The summed E-state index contributed by atoms with van der Waals surface area (Å²) in [5.74, 6) is 1.23. The van der Waals surface area contributed by atoms with E-state index in [4.69, 9.17) is 5.73 Å². The molecular weight excluding hydrogens is 282 g/mol. The molecule has 5 nitrogen and oxygen atoms in total. The molecule has 1 saturated heterocycles. The predicted octanol–water partition coefficient (Wildman–Crippen LogP) is 1.98. The van der Waals surface area contributed by atoms with Crippen LogP contribution >= 0.6 is 11.3 Å². The average Bonchev–Trinajstić information content (AvgIpc) is 2.83. The van der Waals surface area contributed by atoms with Gasteiger partial charge in [0, 0.05) is 24.5 Å². The molecule has 0 aliphatic carbocycles. The van der Waals surface area contributed by atoms with Crippen molar-refractivity contribution < 1.29 is 0 Å². The van der Waals surface area contributed by atoms with Crippen LogP contribution in [0.15, 0.2) is 10.4 Å². The number of hydrogen-bond donors (Lipinski definition) is 2. The number of aryl methyl sites for hydroxylation is 1. The van der Waals surface area contributed by atoms with Crippen LogP contribution in [0, 0.1) is 12.8 Å². The Morgan fingerprint density at radius 2 is 2.24 bits per heavy atom. The Balaban J connectivity index is 1.70. The van der Waals surface area contributed by atoms with Crippen molar-refractivity contribution in [1.82, 2.24) is 15.2 Å². The largest absolute Gasteiger partial charge is 0.370 e. The predicted molar refractivity (Wildman–Crippen MR) is 89.6 cm³/mol. The molecule has 2 heterocycles. The summed E-state index contributed by atoms with van der Waals surface area (Å²) in [7, 11) is 0. The minimum Gasteiger partial charge on any atom is -0.370 e. The van der Waals surface area contributed by atoms with Crippen LogP contribution in [-0.2, 0) is 6.54 Å². The third-order valence-corrected chi connectivity index (χ3v) is 4.54. The minimum absolute atomic E-state index is 0.345. The number of aliphatic imine (C=N–C) groups is 1. The molecule has 1 fully saturated rings. The van der Waals surface area contributed by atoms with E-state index < -0.39 is 0 Å². The van der Waals surface area contributed by atoms with Gasteiger partial charge in [-0.25, -0.2) is 4.98 Å². The molecule has 0 bridgehead atoms. The molecule has 3 N–H and O–H groups in total. The molecule has 1 aliphatic rings. The van der Waals surface area contributed by atoms with Gasteiger partial charge in [0.05, 0.1) is 10.7 Å². The lowest BCUT2D eigenvalue weighted by Crippen LogP contribution is -2.38. The number of rotatable bonds is 5. The molecule has 1 aromatic rings. The number of nitrogens with zero attached hydrogens (tertiary/aromatic N) is 3. The highest BCUT2D eigenvalue weighted by Gasteiger charge is 2.19. The lowest BCUT2D eigenvalue weighted by atomic mass is 9.97. The van der Waals surface area contributed by atoms with Crippen molar-refractivity contribution in [3.8, 4) is 0 Å². The molecule has 6 heteroatoms. The standard InChI is InChI=1S/C15H27N5S/c1-11(2)18-15(16)17-8-13-4-6-20(7-5-13)9-14-10-21-12(3)19-14/h10-11,13H,4-9H2,1-3H3,(H3,16,17,18). The second-order valence-electron chi connectivity index (χ2n) is 6.10. The minimum atomic E-state index is 0.345. The van der Waals surface area contributed by atoms with Crippen LogP contribution in [0.1, 0.15) is 37.4 Å². The Kier molecular flexibility index (Phi) is 5.99. The Morgan fingerprint density at radius 3 is 2.81 bits per heavy atom. The van der Waals surface area contributed by atoms with E-state index in [1.165, 1.54) is 18.5 Å². The molecule has 1 aromatic heterocycles. The van der Waals surface area contributed by atoms with Crippen molar-refractivity contribution in [2.45, 2.75) is 46.2 Å². The summed E-state index contributed by atoms with van der Waals surface area (Å²) in [5, 5.41) is 6.46. The number of piperidine rings is 1. The average molecular weight is 309 g/mol. The maximum atomic E-state index is 5.84. The number of likely N-dealkylation sites (tertiary alicyclic amines) is 1. The summed E-state index contributed by atoms with van der Waals surface area (Å²) in [6.07, 6.45) is 2.39. The van der Waals surface area contributed by atoms with Crippen molar-refractivity contribution in [2.75, 3.05) is 19.6 Å². The number of hydrogen-bond acceptors (Lipinski definition) is 4. The van der Waals surface area contributed by atoms with Gasteiger partial charge in [0.1, 0.15) is 0 Å². The molecule has 21 heavy (non-hydrogen) atoms. The SMILES string of the molecule is Cc1nc(CN2CCC(CN=C(N)NC(C)C)CC2)cs1. The molecule has 0 radical (unpaired) electrons. The van der Waals surface area contributed by atoms with Crippen molar-refractivity contribution in [3.05, 3.63) is 16.1 Å². The first-order chi connectivity index (χ1) is 10.0. The van der Waals surface area contributed by atoms with Crippen molar-refractivity contribution >= 4 is 17.3 Å². The Bertz CT molecular complexity index is 460. The zero-order valence-electron chi connectivity index (χ0n) is 13.3. The molecular formula is C15H27N5S. The molecule has 0 amide bonds. The van der Waals surface area contributed by atoms with Gasteiger partial charge in [0.25, 0.3) is 0 Å². The van der Waals surface area contributed by atoms with E-state index in [1.54, 1.807) is 11.3 Å². The van der Waals surface area contributed by atoms with Crippen LogP contribution in [0.25, 0.3) is 0 Å². The first-order valence-corrected chi connectivity index (χ1v) is 8.60. The Morgan fingerprint density at radius 1 is 1.52 bits per heavy atom. The fourth-order valence-electron chi connectivity index (χ4n) is 2.61. The number of nitrogens with one attached hydrogen (secondary N) is 1. The monoisotopic (exact) mass is 309 g/mol. The van der Waals surface area contributed by atoms with Gasteiger partial charge in [-0.1, -0.05) is 0 Å². The Labute approximate surface area is 131 Å². The summed E-state index contributed by atoms with van der Waals surface area (Å²) in [5.41, 5.74) is 7.05. The van der Waals surface area contributed by atoms with E-state index in [0.717, 1.165) is 31.2 Å². The smallest absolute Gasteiger partial charge is 0.188 e. The van der Waals surface area contributed by atoms with Crippen LogP contribution in [0.2, 0.25) is 0 Å². The molecule has 2 rings (SSSR count). The first kappa shape index (κ1) is 16.2. The third-order valence-electron chi connectivity index (χ3n) is 3.72. The summed E-state index contributed by atoms with van der Waals surface area (Å²) in [4.78, 5) is 11.5. The van der Waals surface area contributed by atoms with Crippen molar-refractivity contribution in [3.63, 3.8) is 0 Å². The zero-order valence-corrected chi connectivity index (χ0v) is 14.1. The Hall–Kier alpha value is -1.14. The number of nitrogens with two attached hydrogens (primary N) is 1. The number of aromatic nitrogens is 1. The molecule has 118 valence electrons. The number of guanidine groups is 1. The van der Waals surface area contributed by atoms with E-state index >= 15 is 0 Å². The van der Waals surface area contributed by atoms with Gasteiger partial charge in [-0.05, 0) is 52.6 Å². The van der Waals surface area contributed by atoms with Crippen molar-refractivity contribution in [1.29, 1.82) is 0 Å². The van der Waals surface area contributed by atoms with Gasteiger partial charge in [0.2, 0.25) is 0 Å². The highest BCUT2D eigenvalue weighted by Crippen LogP contribution is 2.20. The highest BCUT2D eigenvalue weighted by atomic mass is 32.1. The molecule has 0 spiro atoms. The van der Waals surface area contributed by atoms with Crippen LogP contribution in [-0.4, -0.2) is 41.5 Å². The van der Waals surface area contributed by atoms with Crippen LogP contribution in [0.5, 0.6) is 0 Å². The van der Waals surface area contributed by atoms with E-state index in [-0.39, 0.29) is 0 Å². The summed E-state index contributed by atoms with van der Waals surface area (Å²) >= 11 is 1.73. The van der Waals surface area contributed by atoms with Crippen LogP contribution < -0.4 is 11.1 Å². The topological polar surface area (TPSA) is 66.5 Å². The van der Waals surface area contributed by atoms with E-state index in [0.29, 0.717) is 17.9 Å². The first-order valence-electron chi connectivity index (χ1n) is 7.72. The second-order valence-corrected chi connectivity index (χ2v) is 7.16. The second kappa shape index (κ2) is 7.75. The van der Waals surface area contributed by atoms with Gasteiger partial charge in [-0.3, -0.25) is 9.89 Å². The van der Waals surface area contributed by atoms with Gasteiger partial charge < -0.3 is 11.1 Å². The maximum absolute atomic E-state index is 5.84. The van der Waals surface area contributed by atoms with Crippen molar-refractivity contribution in [2.24, 2.45) is 16.6 Å². The zero-order chi connectivity index (χ0) is 15.2. The number of thiazole rings is 1. The van der Waals surface area contributed by atoms with Gasteiger partial charge in [0.15, 0.2) is 5.96 Å².